The molecule has 178 valence electrons. The maximum atomic E-state index is 12.4. The number of carbonyl (C=O) groups excluding carboxylic acids is 2. The van der Waals surface area contributed by atoms with E-state index < -0.39 is 0 Å². The molecule has 0 aliphatic heterocycles. The maximum absolute atomic E-state index is 12.4. The summed E-state index contributed by atoms with van der Waals surface area (Å²) in [6.45, 7) is -0.157. The van der Waals surface area contributed by atoms with Crippen molar-refractivity contribution in [3.8, 4) is 28.7 Å². The molecule has 0 radical (unpaired) electrons. The van der Waals surface area contributed by atoms with Gasteiger partial charge in [0.25, 0.3) is 11.8 Å². The van der Waals surface area contributed by atoms with Crippen molar-refractivity contribution in [2.24, 2.45) is 0 Å². The van der Waals surface area contributed by atoms with E-state index in [1.807, 2.05) is 24.3 Å². The van der Waals surface area contributed by atoms with Gasteiger partial charge in [0.1, 0.15) is 11.5 Å². The van der Waals surface area contributed by atoms with Gasteiger partial charge in [0.15, 0.2) is 6.61 Å². The van der Waals surface area contributed by atoms with Gasteiger partial charge in [-0.25, -0.2) is 0 Å². The first-order valence-electron chi connectivity index (χ1n) is 11.1. The van der Waals surface area contributed by atoms with E-state index in [-0.39, 0.29) is 18.4 Å². The minimum atomic E-state index is -0.318. The Bertz CT molecular complexity index is 1370. The van der Waals surface area contributed by atoms with Crippen molar-refractivity contribution in [2.75, 3.05) is 24.4 Å². The Morgan fingerprint density at radius 2 is 1.25 bits per heavy atom. The molecule has 4 rings (SSSR count). The van der Waals surface area contributed by atoms with Crippen molar-refractivity contribution in [3.05, 3.63) is 108 Å². The first kappa shape index (κ1) is 24.0. The van der Waals surface area contributed by atoms with Crippen molar-refractivity contribution in [3.63, 3.8) is 0 Å². The smallest absolute Gasteiger partial charge is 0.262 e. The van der Waals surface area contributed by atoms with Gasteiger partial charge in [-0.1, -0.05) is 24.3 Å². The number of amides is 2. The second-order valence-corrected chi connectivity index (χ2v) is 7.81. The first-order valence-corrected chi connectivity index (χ1v) is 11.1. The minimum Gasteiger partial charge on any atom is -0.497 e. The van der Waals surface area contributed by atoms with Crippen LogP contribution in [0.15, 0.2) is 97.1 Å². The van der Waals surface area contributed by atoms with Gasteiger partial charge in [0.05, 0.1) is 18.7 Å². The lowest BCUT2D eigenvalue weighted by molar-refractivity contribution is -0.118. The summed E-state index contributed by atoms with van der Waals surface area (Å²) < 4.78 is 10.7. The van der Waals surface area contributed by atoms with Crippen LogP contribution in [0, 0.1) is 11.3 Å². The highest BCUT2D eigenvalue weighted by molar-refractivity contribution is 6.04. The van der Waals surface area contributed by atoms with Gasteiger partial charge in [-0.05, 0) is 83.9 Å². The summed E-state index contributed by atoms with van der Waals surface area (Å²) in [5.41, 5.74) is 4.24. The number of nitrogens with one attached hydrogen (secondary N) is 2. The van der Waals surface area contributed by atoms with Gasteiger partial charge in [-0.15, -0.1) is 0 Å². The Labute approximate surface area is 208 Å². The van der Waals surface area contributed by atoms with E-state index >= 15 is 0 Å². The summed E-state index contributed by atoms with van der Waals surface area (Å²) in [4.78, 5) is 24.7. The summed E-state index contributed by atoms with van der Waals surface area (Å²) >= 11 is 0. The van der Waals surface area contributed by atoms with Gasteiger partial charge >= 0.3 is 0 Å². The largest absolute Gasteiger partial charge is 0.497 e. The van der Waals surface area contributed by atoms with Crippen molar-refractivity contribution in [1.29, 1.82) is 5.26 Å². The average Bonchev–Trinajstić information content (AvgIpc) is 2.93. The van der Waals surface area contributed by atoms with Crippen molar-refractivity contribution in [1.82, 2.24) is 0 Å². The molecule has 0 saturated carbocycles. The number of ether oxygens (including phenoxy) is 2. The lowest BCUT2D eigenvalue weighted by atomic mass is 10.0. The van der Waals surface area contributed by atoms with Crippen molar-refractivity contribution in [2.45, 2.75) is 0 Å². The van der Waals surface area contributed by atoms with Crippen LogP contribution in [0.1, 0.15) is 15.9 Å². The molecule has 4 aromatic carbocycles. The second kappa shape index (κ2) is 11.4. The fraction of sp³-hybridized carbons (Fsp3) is 0.0690. The molecule has 0 aliphatic carbocycles. The van der Waals surface area contributed by atoms with E-state index in [1.165, 1.54) is 0 Å². The summed E-state index contributed by atoms with van der Waals surface area (Å²) in [5.74, 6) is 0.692. The lowest BCUT2D eigenvalue weighted by Gasteiger charge is -2.10. The third-order valence-electron chi connectivity index (χ3n) is 5.35. The SMILES string of the molecule is COc1ccc(NC(=O)c2ccc(NC(=O)COc3ccc(-c4ccc(C#N)cc4)cc3)cc2)cc1. The van der Waals surface area contributed by atoms with Gasteiger partial charge < -0.3 is 20.1 Å². The van der Waals surface area contributed by atoms with Crippen molar-refractivity contribution < 1.29 is 19.1 Å². The predicted molar refractivity (Wildman–Crippen MR) is 138 cm³/mol. The molecule has 0 aromatic heterocycles. The number of hydrogen-bond donors (Lipinski definition) is 2. The molecule has 0 heterocycles. The fourth-order valence-corrected chi connectivity index (χ4v) is 3.41. The number of carbonyl (C=O) groups is 2. The standard InChI is InChI=1S/C29H23N3O4/c1-35-26-16-12-25(13-17-26)32-29(34)23-6-10-24(11-7-23)31-28(33)19-36-27-14-8-22(9-15-27)21-4-2-20(18-30)3-5-21/h2-17H,19H2,1H3,(H,31,33)(H,32,34). The van der Waals surface area contributed by atoms with Gasteiger partial charge in [-0.3, -0.25) is 9.59 Å². The fourth-order valence-electron chi connectivity index (χ4n) is 3.41. The van der Waals surface area contributed by atoms with Crippen LogP contribution in [0.4, 0.5) is 11.4 Å². The molecule has 0 fully saturated rings. The molecule has 2 N–H and O–H groups in total. The zero-order valence-electron chi connectivity index (χ0n) is 19.5. The van der Waals surface area contributed by atoms with Crippen LogP contribution in [0.3, 0.4) is 0 Å². The molecule has 0 unspecified atom stereocenters. The highest BCUT2D eigenvalue weighted by atomic mass is 16.5. The second-order valence-electron chi connectivity index (χ2n) is 7.81. The number of nitrogens with zero attached hydrogens (tertiary/aromatic N) is 1. The number of rotatable bonds is 8. The van der Waals surface area contributed by atoms with Crippen LogP contribution in [0.25, 0.3) is 11.1 Å². The predicted octanol–water partition coefficient (Wildman–Crippen LogP) is 5.50. The van der Waals surface area contributed by atoms with E-state index in [2.05, 4.69) is 16.7 Å². The Morgan fingerprint density at radius 3 is 1.83 bits per heavy atom. The highest BCUT2D eigenvalue weighted by Crippen LogP contribution is 2.23. The third kappa shape index (κ3) is 6.27. The van der Waals surface area contributed by atoms with Crippen LogP contribution >= 0.6 is 0 Å². The third-order valence-corrected chi connectivity index (χ3v) is 5.35. The molecule has 0 spiro atoms. The van der Waals surface area contributed by atoms with E-state index in [9.17, 15) is 9.59 Å². The monoisotopic (exact) mass is 477 g/mol. The summed E-state index contributed by atoms with van der Waals surface area (Å²) in [6.07, 6.45) is 0. The topological polar surface area (TPSA) is 100 Å². The Morgan fingerprint density at radius 1 is 0.722 bits per heavy atom. The molecule has 0 aliphatic rings. The molecule has 7 heteroatoms. The van der Waals surface area contributed by atoms with E-state index in [4.69, 9.17) is 14.7 Å². The van der Waals surface area contributed by atoms with E-state index in [0.29, 0.717) is 34.0 Å². The zero-order valence-corrected chi connectivity index (χ0v) is 19.5. The molecule has 0 saturated heterocycles. The number of hydrogen-bond acceptors (Lipinski definition) is 5. The molecular weight excluding hydrogens is 454 g/mol. The molecule has 2 amide bonds. The molecule has 7 nitrogen and oxygen atoms in total. The maximum Gasteiger partial charge on any atom is 0.262 e. The summed E-state index contributed by atoms with van der Waals surface area (Å²) in [7, 11) is 1.58. The van der Waals surface area contributed by atoms with Gasteiger partial charge in [0, 0.05) is 16.9 Å². The van der Waals surface area contributed by atoms with E-state index in [0.717, 1.165) is 11.1 Å². The number of methoxy groups -OCH3 is 1. The van der Waals surface area contributed by atoms with Gasteiger partial charge in [-0.2, -0.15) is 5.26 Å². The molecule has 4 aromatic rings. The zero-order chi connectivity index (χ0) is 25.3. The van der Waals surface area contributed by atoms with Gasteiger partial charge in [0.2, 0.25) is 0 Å². The normalized spacial score (nSPS) is 10.1. The molecule has 0 bridgehead atoms. The number of benzene rings is 4. The lowest BCUT2D eigenvalue weighted by Crippen LogP contribution is -2.20. The Hall–Kier alpha value is -5.09. The quantitative estimate of drug-likeness (QED) is 0.349. The Balaban J connectivity index is 1.26. The van der Waals surface area contributed by atoms with Crippen LogP contribution in [0.5, 0.6) is 11.5 Å². The van der Waals surface area contributed by atoms with Crippen LogP contribution in [-0.2, 0) is 4.79 Å². The highest BCUT2D eigenvalue weighted by Gasteiger charge is 2.09. The number of anilines is 2. The van der Waals surface area contributed by atoms with E-state index in [1.54, 1.807) is 79.9 Å². The molecular formula is C29H23N3O4. The molecule has 36 heavy (non-hydrogen) atoms. The Kier molecular flexibility index (Phi) is 7.59. The summed E-state index contributed by atoms with van der Waals surface area (Å²) in [5, 5.41) is 14.5. The summed E-state index contributed by atoms with van der Waals surface area (Å²) in [6, 6.07) is 30.4. The van der Waals surface area contributed by atoms with Crippen LogP contribution in [-0.4, -0.2) is 25.5 Å². The van der Waals surface area contributed by atoms with Crippen LogP contribution in [0.2, 0.25) is 0 Å². The molecule has 0 atom stereocenters. The minimum absolute atomic E-state index is 0.157. The number of nitriles is 1. The average molecular weight is 478 g/mol. The first-order chi connectivity index (χ1) is 17.5. The van der Waals surface area contributed by atoms with Crippen LogP contribution < -0.4 is 20.1 Å². The van der Waals surface area contributed by atoms with Crippen molar-refractivity contribution >= 4 is 23.2 Å².